The second kappa shape index (κ2) is 3.80. The normalized spacial score (nSPS) is 10.4. The molecule has 0 saturated heterocycles. The quantitative estimate of drug-likeness (QED) is 0.678. The highest BCUT2D eigenvalue weighted by molar-refractivity contribution is 7.47. The highest BCUT2D eigenvalue weighted by Crippen LogP contribution is 2.20. The second-order valence-electron chi connectivity index (χ2n) is 3.17. The number of rotatable bonds is 2. The Morgan fingerprint density at radius 2 is 1.62 bits per heavy atom. The SMILES string of the molecule is Cc1cc(C)c(C(=O)P=O)c(C)c1. The predicted octanol–water partition coefficient (Wildman–Crippen LogP) is 3.04. The van der Waals surface area contributed by atoms with Crippen molar-refractivity contribution in [3.8, 4) is 0 Å². The Kier molecular flexibility index (Phi) is 2.94. The first-order chi connectivity index (χ1) is 6.06. The smallest absolute Gasteiger partial charge is 0.253 e. The summed E-state index contributed by atoms with van der Waals surface area (Å²) in [7, 11) is -0.434. The molecule has 1 rings (SSSR count). The molecule has 0 aliphatic heterocycles. The van der Waals surface area contributed by atoms with Crippen LogP contribution in [-0.2, 0) is 4.57 Å². The summed E-state index contributed by atoms with van der Waals surface area (Å²) in [5.41, 5.74) is 3.16. The van der Waals surface area contributed by atoms with Crippen molar-refractivity contribution in [2.75, 3.05) is 0 Å². The standard InChI is InChI=1S/C10H11O2P/c1-6-4-7(2)9(8(3)5-6)10(11)13-12/h4-5H,1-3H3. The third-order valence-corrected chi connectivity index (χ3v) is 2.36. The van der Waals surface area contributed by atoms with Gasteiger partial charge in [0.15, 0.2) is 0 Å². The fourth-order valence-electron chi connectivity index (χ4n) is 1.56. The van der Waals surface area contributed by atoms with Crippen LogP contribution in [0.25, 0.3) is 0 Å². The summed E-state index contributed by atoms with van der Waals surface area (Å²) in [4.78, 5) is 11.2. The maximum Gasteiger partial charge on any atom is 0.253 e. The van der Waals surface area contributed by atoms with E-state index in [-0.39, 0.29) is 5.52 Å². The lowest BCUT2D eigenvalue weighted by Crippen LogP contribution is -1.98. The van der Waals surface area contributed by atoms with Gasteiger partial charge in [-0.25, -0.2) is 0 Å². The van der Waals surface area contributed by atoms with Gasteiger partial charge in [0.25, 0.3) is 5.52 Å². The molecular weight excluding hydrogens is 183 g/mol. The van der Waals surface area contributed by atoms with Crippen LogP contribution in [0.3, 0.4) is 0 Å². The van der Waals surface area contributed by atoms with Crippen molar-refractivity contribution in [2.45, 2.75) is 20.8 Å². The van der Waals surface area contributed by atoms with Gasteiger partial charge in [0.2, 0.25) is 8.46 Å². The Morgan fingerprint density at radius 3 is 2.00 bits per heavy atom. The molecule has 0 amide bonds. The number of hydrogen-bond acceptors (Lipinski definition) is 2. The van der Waals surface area contributed by atoms with Crippen molar-refractivity contribution in [3.63, 3.8) is 0 Å². The Morgan fingerprint density at radius 1 is 1.15 bits per heavy atom. The third-order valence-electron chi connectivity index (χ3n) is 1.97. The van der Waals surface area contributed by atoms with Crippen molar-refractivity contribution in [3.05, 3.63) is 34.4 Å². The summed E-state index contributed by atoms with van der Waals surface area (Å²) in [5, 5.41) is 0. The highest BCUT2D eigenvalue weighted by atomic mass is 31.1. The van der Waals surface area contributed by atoms with E-state index in [0.29, 0.717) is 5.56 Å². The van der Waals surface area contributed by atoms with Crippen molar-refractivity contribution < 1.29 is 9.36 Å². The lowest BCUT2D eigenvalue weighted by Gasteiger charge is -2.06. The molecule has 1 aromatic rings. The van der Waals surface area contributed by atoms with Gasteiger partial charge >= 0.3 is 0 Å². The molecule has 1 aromatic carbocycles. The Balaban J connectivity index is 3.36. The molecule has 0 spiro atoms. The zero-order valence-corrected chi connectivity index (χ0v) is 8.81. The van der Waals surface area contributed by atoms with Gasteiger partial charge in [-0.3, -0.25) is 9.36 Å². The minimum Gasteiger partial charge on any atom is -0.280 e. The van der Waals surface area contributed by atoms with E-state index in [9.17, 15) is 9.36 Å². The van der Waals surface area contributed by atoms with Crippen LogP contribution in [-0.4, -0.2) is 5.52 Å². The fraction of sp³-hybridized carbons (Fsp3) is 0.300. The van der Waals surface area contributed by atoms with Gasteiger partial charge in [0.05, 0.1) is 0 Å². The molecule has 0 N–H and O–H groups in total. The first-order valence-electron chi connectivity index (χ1n) is 4.02. The summed E-state index contributed by atoms with van der Waals surface area (Å²) < 4.78 is 10.4. The largest absolute Gasteiger partial charge is 0.280 e. The molecule has 0 aliphatic rings. The first-order valence-corrected chi connectivity index (χ1v) is 4.83. The van der Waals surface area contributed by atoms with Gasteiger partial charge in [-0.2, -0.15) is 0 Å². The number of carbonyl (C=O) groups is 1. The first kappa shape index (κ1) is 10.1. The number of carbonyl (C=O) groups excluding carboxylic acids is 1. The predicted molar refractivity (Wildman–Crippen MR) is 52.6 cm³/mol. The van der Waals surface area contributed by atoms with Crippen molar-refractivity contribution >= 4 is 14.0 Å². The molecule has 0 bridgehead atoms. The van der Waals surface area contributed by atoms with Gasteiger partial charge in [0, 0.05) is 5.56 Å². The third kappa shape index (κ3) is 2.02. The molecular formula is C10H11O2P. The van der Waals surface area contributed by atoms with Gasteiger partial charge in [-0.1, -0.05) is 17.7 Å². The van der Waals surface area contributed by atoms with Gasteiger partial charge in [0.1, 0.15) is 0 Å². The molecule has 3 heteroatoms. The lowest BCUT2D eigenvalue weighted by molar-refractivity contribution is 0.108. The van der Waals surface area contributed by atoms with Crippen LogP contribution in [0.1, 0.15) is 27.0 Å². The maximum atomic E-state index is 11.2. The van der Waals surface area contributed by atoms with E-state index in [1.807, 2.05) is 32.9 Å². The summed E-state index contributed by atoms with van der Waals surface area (Å²) in [5.74, 6) is 0. The van der Waals surface area contributed by atoms with Crippen LogP contribution in [0.2, 0.25) is 0 Å². The van der Waals surface area contributed by atoms with Crippen LogP contribution < -0.4 is 0 Å². The zero-order valence-electron chi connectivity index (χ0n) is 7.92. The summed E-state index contributed by atoms with van der Waals surface area (Å²) >= 11 is 0. The summed E-state index contributed by atoms with van der Waals surface area (Å²) in [6.45, 7) is 5.69. The van der Waals surface area contributed by atoms with Crippen molar-refractivity contribution in [1.29, 1.82) is 0 Å². The van der Waals surface area contributed by atoms with E-state index in [0.717, 1.165) is 16.7 Å². The van der Waals surface area contributed by atoms with E-state index in [1.165, 1.54) is 0 Å². The van der Waals surface area contributed by atoms with E-state index in [1.54, 1.807) is 0 Å². The molecule has 13 heavy (non-hydrogen) atoms. The van der Waals surface area contributed by atoms with Crippen molar-refractivity contribution in [1.82, 2.24) is 0 Å². The molecule has 2 nitrogen and oxygen atoms in total. The van der Waals surface area contributed by atoms with Crippen LogP contribution in [0.5, 0.6) is 0 Å². The summed E-state index contributed by atoms with van der Waals surface area (Å²) in [6, 6.07) is 3.84. The molecule has 0 fully saturated rings. The minimum absolute atomic E-state index is 0.338. The Bertz CT molecular complexity index is 346. The second-order valence-corrected chi connectivity index (χ2v) is 3.76. The van der Waals surface area contributed by atoms with E-state index in [2.05, 4.69) is 0 Å². The Hall–Kier alpha value is -1.01. The van der Waals surface area contributed by atoms with E-state index in [4.69, 9.17) is 0 Å². The van der Waals surface area contributed by atoms with Crippen molar-refractivity contribution in [2.24, 2.45) is 0 Å². The van der Waals surface area contributed by atoms with Gasteiger partial charge in [-0.05, 0) is 31.9 Å². The van der Waals surface area contributed by atoms with Crippen LogP contribution >= 0.6 is 8.46 Å². The molecule has 0 heterocycles. The van der Waals surface area contributed by atoms with Gasteiger partial charge < -0.3 is 0 Å². The highest BCUT2D eigenvalue weighted by Gasteiger charge is 2.11. The maximum absolute atomic E-state index is 11.2. The molecule has 0 unspecified atom stereocenters. The molecule has 0 aromatic heterocycles. The molecule has 0 aliphatic carbocycles. The average Bonchev–Trinajstić information content (AvgIpc) is 2.02. The number of aryl methyl sites for hydroxylation is 3. The minimum atomic E-state index is -0.434. The fourth-order valence-corrected chi connectivity index (χ4v) is 2.01. The molecule has 0 saturated carbocycles. The van der Waals surface area contributed by atoms with E-state index < -0.39 is 8.46 Å². The Labute approximate surface area is 79.2 Å². The molecule has 0 radical (unpaired) electrons. The monoisotopic (exact) mass is 194 g/mol. The lowest BCUT2D eigenvalue weighted by atomic mass is 10.0. The van der Waals surface area contributed by atoms with Gasteiger partial charge in [-0.15, -0.1) is 0 Å². The average molecular weight is 194 g/mol. The summed E-state index contributed by atoms with van der Waals surface area (Å²) in [6.07, 6.45) is 0. The zero-order chi connectivity index (χ0) is 10.0. The number of benzene rings is 1. The molecule has 0 atom stereocenters. The topological polar surface area (TPSA) is 34.1 Å². The van der Waals surface area contributed by atoms with Crippen LogP contribution in [0.15, 0.2) is 12.1 Å². The van der Waals surface area contributed by atoms with Crippen LogP contribution in [0, 0.1) is 20.8 Å². The number of hydrogen-bond donors (Lipinski definition) is 0. The van der Waals surface area contributed by atoms with Crippen LogP contribution in [0.4, 0.5) is 0 Å². The van der Waals surface area contributed by atoms with E-state index >= 15 is 0 Å². The molecule has 68 valence electrons.